The lowest BCUT2D eigenvalue weighted by molar-refractivity contribution is -0.147. The Balaban J connectivity index is 1.39. The molecule has 0 saturated carbocycles. The maximum atomic E-state index is 14.0. The summed E-state index contributed by atoms with van der Waals surface area (Å²) >= 11 is 0. The molecule has 2 heterocycles. The molecule has 6 nitrogen and oxygen atoms in total. The van der Waals surface area contributed by atoms with Gasteiger partial charge >= 0.3 is 6.18 Å². The fourth-order valence-electron chi connectivity index (χ4n) is 6.05. The third-order valence-corrected chi connectivity index (χ3v) is 8.03. The number of likely N-dealkylation sites (tertiary alicyclic amines) is 1. The fraction of sp³-hybridized carbons (Fsp3) is 0.567. The van der Waals surface area contributed by atoms with E-state index >= 15 is 0 Å². The summed E-state index contributed by atoms with van der Waals surface area (Å²) < 4.78 is 50.4. The van der Waals surface area contributed by atoms with Gasteiger partial charge in [-0.15, -0.1) is 0 Å². The molecule has 0 aliphatic carbocycles. The van der Waals surface area contributed by atoms with Gasteiger partial charge in [0.15, 0.2) is 11.5 Å². The molecule has 39 heavy (non-hydrogen) atoms. The summed E-state index contributed by atoms with van der Waals surface area (Å²) in [6.45, 7) is 8.85. The SMILES string of the molecule is COc1ccc(CN2CCC(CC(C)C)(C(=O)N3CCN(c4cccc(C(F)(F)F)c4)CC3)CC2)cc1OC. The summed E-state index contributed by atoms with van der Waals surface area (Å²) in [5, 5.41) is 0. The number of ether oxygens (including phenoxy) is 2. The van der Waals surface area contributed by atoms with E-state index in [2.05, 4.69) is 18.7 Å². The number of carbonyl (C=O) groups excluding carboxylic acids is 1. The number of halogens is 3. The van der Waals surface area contributed by atoms with E-state index in [4.69, 9.17) is 9.47 Å². The van der Waals surface area contributed by atoms with Gasteiger partial charge in [0.05, 0.1) is 25.2 Å². The summed E-state index contributed by atoms with van der Waals surface area (Å²) in [4.78, 5) is 20.2. The van der Waals surface area contributed by atoms with Crippen LogP contribution >= 0.6 is 0 Å². The van der Waals surface area contributed by atoms with Gasteiger partial charge < -0.3 is 19.3 Å². The lowest BCUT2D eigenvalue weighted by Crippen LogP contribution is -2.56. The van der Waals surface area contributed by atoms with E-state index in [0.29, 0.717) is 49.3 Å². The molecule has 0 unspecified atom stereocenters. The molecule has 214 valence electrons. The van der Waals surface area contributed by atoms with Crippen molar-refractivity contribution in [2.45, 2.75) is 45.8 Å². The quantitative estimate of drug-likeness (QED) is 0.424. The largest absolute Gasteiger partial charge is 0.493 e. The molecule has 0 bridgehead atoms. The standard InChI is InChI=1S/C30H40F3N3O3/c1-22(2)20-29(10-12-34(13-11-29)21-23-8-9-26(38-3)27(18-23)39-4)28(37)36-16-14-35(15-17-36)25-7-5-6-24(19-25)30(31,32)33/h5-9,18-19,22H,10-17,20-21H2,1-4H3. The van der Waals surface area contributed by atoms with E-state index in [1.165, 1.54) is 12.1 Å². The van der Waals surface area contributed by atoms with Crippen molar-refractivity contribution in [3.05, 3.63) is 53.6 Å². The van der Waals surface area contributed by atoms with E-state index in [1.807, 2.05) is 28.0 Å². The van der Waals surface area contributed by atoms with Gasteiger partial charge in [-0.25, -0.2) is 0 Å². The molecule has 0 radical (unpaired) electrons. The number of anilines is 1. The summed E-state index contributed by atoms with van der Waals surface area (Å²) in [6.07, 6.45) is -1.94. The monoisotopic (exact) mass is 547 g/mol. The first-order valence-corrected chi connectivity index (χ1v) is 13.7. The zero-order chi connectivity index (χ0) is 28.2. The van der Waals surface area contributed by atoms with E-state index in [1.54, 1.807) is 20.3 Å². The van der Waals surface area contributed by atoms with Crippen molar-refractivity contribution in [2.75, 3.05) is 58.4 Å². The molecule has 2 aromatic carbocycles. The minimum Gasteiger partial charge on any atom is -0.493 e. The minimum atomic E-state index is -4.37. The number of hydrogen-bond acceptors (Lipinski definition) is 5. The van der Waals surface area contributed by atoms with Crippen molar-refractivity contribution in [1.29, 1.82) is 0 Å². The second-order valence-corrected chi connectivity index (χ2v) is 11.2. The Morgan fingerprint density at radius 2 is 1.59 bits per heavy atom. The second kappa shape index (κ2) is 12.1. The molecule has 1 amide bonds. The summed E-state index contributed by atoms with van der Waals surface area (Å²) in [7, 11) is 3.26. The predicted molar refractivity (Wildman–Crippen MR) is 146 cm³/mol. The Morgan fingerprint density at radius 3 is 2.18 bits per heavy atom. The van der Waals surface area contributed by atoms with Gasteiger partial charge in [-0.2, -0.15) is 13.2 Å². The molecular weight excluding hydrogens is 507 g/mol. The molecular formula is C30H40F3N3O3. The van der Waals surface area contributed by atoms with Gasteiger partial charge in [0, 0.05) is 38.4 Å². The number of benzene rings is 2. The normalized spacial score (nSPS) is 18.4. The summed E-state index contributed by atoms with van der Waals surface area (Å²) in [5.41, 5.74) is 0.647. The van der Waals surface area contributed by atoms with Gasteiger partial charge in [0.2, 0.25) is 5.91 Å². The van der Waals surface area contributed by atoms with E-state index < -0.39 is 17.2 Å². The first-order chi connectivity index (χ1) is 18.5. The van der Waals surface area contributed by atoms with Gasteiger partial charge in [-0.05, 0) is 74.2 Å². The van der Waals surface area contributed by atoms with Crippen molar-refractivity contribution in [3.8, 4) is 11.5 Å². The van der Waals surface area contributed by atoms with Crippen molar-refractivity contribution in [3.63, 3.8) is 0 Å². The van der Waals surface area contributed by atoms with Gasteiger partial charge in [-0.3, -0.25) is 9.69 Å². The van der Waals surface area contributed by atoms with Gasteiger partial charge in [0.1, 0.15) is 0 Å². The van der Waals surface area contributed by atoms with E-state index in [9.17, 15) is 18.0 Å². The van der Waals surface area contributed by atoms with Crippen LogP contribution in [0, 0.1) is 11.3 Å². The predicted octanol–water partition coefficient (Wildman–Crippen LogP) is 5.70. The van der Waals surface area contributed by atoms with Crippen LogP contribution in [0.1, 0.15) is 44.2 Å². The lowest BCUT2D eigenvalue weighted by Gasteiger charge is -2.46. The molecule has 4 rings (SSSR count). The molecule has 0 aromatic heterocycles. The van der Waals surface area contributed by atoms with Crippen molar-refractivity contribution >= 4 is 11.6 Å². The van der Waals surface area contributed by atoms with Crippen LogP contribution < -0.4 is 14.4 Å². The van der Waals surface area contributed by atoms with Crippen LogP contribution in [0.3, 0.4) is 0 Å². The number of alkyl halides is 3. The van der Waals surface area contributed by atoms with Crippen molar-refractivity contribution < 1.29 is 27.4 Å². The average molecular weight is 548 g/mol. The molecule has 2 fully saturated rings. The molecule has 2 aromatic rings. The van der Waals surface area contributed by atoms with Gasteiger partial charge in [0.25, 0.3) is 0 Å². The maximum absolute atomic E-state index is 14.0. The summed E-state index contributed by atoms with van der Waals surface area (Å²) in [5.74, 6) is 2.00. The summed E-state index contributed by atoms with van der Waals surface area (Å²) in [6, 6.07) is 11.4. The number of methoxy groups -OCH3 is 2. The Kier molecular flexibility index (Phi) is 8.99. The highest BCUT2D eigenvalue weighted by Gasteiger charge is 2.44. The third-order valence-electron chi connectivity index (χ3n) is 8.03. The number of piperidine rings is 1. The van der Waals surface area contributed by atoms with Gasteiger partial charge in [-0.1, -0.05) is 26.0 Å². The zero-order valence-electron chi connectivity index (χ0n) is 23.4. The molecule has 0 N–H and O–H groups in total. The number of nitrogens with zero attached hydrogens (tertiary/aromatic N) is 3. The number of carbonyl (C=O) groups is 1. The second-order valence-electron chi connectivity index (χ2n) is 11.2. The highest BCUT2D eigenvalue weighted by atomic mass is 19.4. The first-order valence-electron chi connectivity index (χ1n) is 13.7. The number of piperazine rings is 1. The number of amides is 1. The Morgan fingerprint density at radius 1 is 0.923 bits per heavy atom. The zero-order valence-corrected chi connectivity index (χ0v) is 23.4. The smallest absolute Gasteiger partial charge is 0.416 e. The Bertz CT molecular complexity index is 1120. The molecule has 2 aliphatic rings. The van der Waals surface area contributed by atoms with Crippen LogP contribution in [0.15, 0.2) is 42.5 Å². The van der Waals surface area contributed by atoms with Crippen LogP contribution in [-0.2, 0) is 17.5 Å². The number of rotatable bonds is 8. The van der Waals surface area contributed by atoms with Crippen LogP contribution in [0.25, 0.3) is 0 Å². The average Bonchev–Trinajstić information content (AvgIpc) is 2.93. The third kappa shape index (κ3) is 6.80. The molecule has 9 heteroatoms. The Hall–Kier alpha value is -2.94. The van der Waals surface area contributed by atoms with Crippen LogP contribution in [0.5, 0.6) is 11.5 Å². The van der Waals surface area contributed by atoms with Crippen LogP contribution in [0.2, 0.25) is 0 Å². The lowest BCUT2D eigenvalue weighted by atomic mass is 9.71. The van der Waals surface area contributed by atoms with Crippen molar-refractivity contribution in [2.24, 2.45) is 11.3 Å². The number of hydrogen-bond donors (Lipinski definition) is 0. The first kappa shape index (κ1) is 29.1. The highest BCUT2D eigenvalue weighted by Crippen LogP contribution is 2.41. The van der Waals surface area contributed by atoms with E-state index in [0.717, 1.165) is 50.5 Å². The Labute approximate surface area is 229 Å². The maximum Gasteiger partial charge on any atom is 0.416 e. The van der Waals surface area contributed by atoms with E-state index in [-0.39, 0.29) is 5.91 Å². The topological polar surface area (TPSA) is 45.2 Å². The fourth-order valence-corrected chi connectivity index (χ4v) is 6.05. The molecule has 2 saturated heterocycles. The van der Waals surface area contributed by atoms with Crippen molar-refractivity contribution in [1.82, 2.24) is 9.80 Å². The van der Waals surface area contributed by atoms with Crippen LogP contribution in [-0.4, -0.2) is 69.2 Å². The molecule has 0 atom stereocenters. The highest BCUT2D eigenvalue weighted by molar-refractivity contribution is 5.83. The minimum absolute atomic E-state index is 0.200. The molecule has 2 aliphatic heterocycles. The molecule has 0 spiro atoms. The van der Waals surface area contributed by atoms with Crippen LogP contribution in [0.4, 0.5) is 18.9 Å².